The van der Waals surface area contributed by atoms with E-state index in [1.165, 1.54) is 64.3 Å². The molecule has 2 aliphatic carbocycles. The van der Waals surface area contributed by atoms with Crippen molar-refractivity contribution in [2.24, 2.45) is 11.8 Å². The second-order valence-electron chi connectivity index (χ2n) is 5.85. The van der Waals surface area contributed by atoms with E-state index in [1.807, 2.05) is 0 Å². The van der Waals surface area contributed by atoms with Crippen LogP contribution in [0.15, 0.2) is 0 Å². The topological polar surface area (TPSA) is 12.0 Å². The van der Waals surface area contributed by atoms with Gasteiger partial charge in [0.05, 0.1) is 0 Å². The number of rotatable bonds is 6. The Labute approximate surface area is 95.0 Å². The zero-order valence-electron chi connectivity index (χ0n) is 10.3. The van der Waals surface area contributed by atoms with E-state index < -0.39 is 0 Å². The van der Waals surface area contributed by atoms with Crippen molar-refractivity contribution in [2.75, 3.05) is 6.54 Å². The first kappa shape index (κ1) is 11.4. The van der Waals surface area contributed by atoms with E-state index in [0.717, 1.165) is 17.9 Å². The van der Waals surface area contributed by atoms with E-state index >= 15 is 0 Å². The lowest BCUT2D eigenvalue weighted by molar-refractivity contribution is 0.272. The van der Waals surface area contributed by atoms with Crippen LogP contribution in [-0.2, 0) is 0 Å². The quantitative estimate of drug-likeness (QED) is 0.657. The Morgan fingerprint density at radius 1 is 0.933 bits per heavy atom. The molecule has 2 aliphatic rings. The van der Waals surface area contributed by atoms with Crippen molar-refractivity contribution < 1.29 is 0 Å². The van der Waals surface area contributed by atoms with Gasteiger partial charge in [0.2, 0.25) is 0 Å². The van der Waals surface area contributed by atoms with Gasteiger partial charge in [-0.3, -0.25) is 0 Å². The third-order valence-corrected chi connectivity index (χ3v) is 4.18. The maximum absolute atomic E-state index is 3.60. The molecule has 15 heavy (non-hydrogen) atoms. The van der Waals surface area contributed by atoms with E-state index in [4.69, 9.17) is 0 Å². The van der Waals surface area contributed by atoms with Crippen LogP contribution in [0.2, 0.25) is 0 Å². The van der Waals surface area contributed by atoms with Crippen molar-refractivity contribution in [1.82, 2.24) is 5.32 Å². The van der Waals surface area contributed by atoms with Crippen molar-refractivity contribution in [1.29, 1.82) is 0 Å². The van der Waals surface area contributed by atoms with E-state index in [2.05, 4.69) is 12.2 Å². The molecule has 0 aliphatic heterocycles. The summed E-state index contributed by atoms with van der Waals surface area (Å²) in [6, 6.07) is 0.903. The highest BCUT2D eigenvalue weighted by Crippen LogP contribution is 2.31. The van der Waals surface area contributed by atoms with E-state index in [0.29, 0.717) is 0 Å². The van der Waals surface area contributed by atoms with Crippen molar-refractivity contribution in [3.63, 3.8) is 0 Å². The second-order valence-corrected chi connectivity index (χ2v) is 5.85. The molecule has 0 heterocycles. The molecule has 2 rings (SSSR count). The molecule has 0 aromatic rings. The molecule has 0 aromatic heterocycles. The van der Waals surface area contributed by atoms with Gasteiger partial charge in [0.25, 0.3) is 0 Å². The highest BCUT2D eigenvalue weighted by molar-refractivity contribution is 4.80. The third-order valence-electron chi connectivity index (χ3n) is 4.18. The van der Waals surface area contributed by atoms with Crippen LogP contribution in [0.3, 0.4) is 0 Å². The van der Waals surface area contributed by atoms with Gasteiger partial charge in [0.15, 0.2) is 0 Å². The lowest BCUT2D eigenvalue weighted by Gasteiger charge is -2.26. The van der Waals surface area contributed by atoms with Crippen LogP contribution in [0.25, 0.3) is 0 Å². The highest BCUT2D eigenvalue weighted by atomic mass is 14.9. The summed E-state index contributed by atoms with van der Waals surface area (Å²) in [7, 11) is 0. The average molecular weight is 209 g/mol. The standard InChI is InChI=1S/C14H27N/c1-12-5-7-13(8-6-12)4-2-3-11-15-14-9-10-14/h12-15H,2-11H2,1H3. The molecular formula is C14H27N. The monoisotopic (exact) mass is 209 g/mol. The Hall–Kier alpha value is -0.0400. The molecule has 0 unspecified atom stereocenters. The van der Waals surface area contributed by atoms with Gasteiger partial charge >= 0.3 is 0 Å². The van der Waals surface area contributed by atoms with Crippen molar-refractivity contribution in [3.05, 3.63) is 0 Å². The maximum Gasteiger partial charge on any atom is 0.00682 e. The maximum atomic E-state index is 3.60. The van der Waals surface area contributed by atoms with Gasteiger partial charge in [-0.2, -0.15) is 0 Å². The molecule has 0 spiro atoms. The van der Waals surface area contributed by atoms with Gasteiger partial charge in [-0.1, -0.05) is 45.4 Å². The SMILES string of the molecule is CC1CCC(CCCCNC2CC2)CC1. The third kappa shape index (κ3) is 4.55. The largest absolute Gasteiger partial charge is 0.314 e. The summed E-state index contributed by atoms with van der Waals surface area (Å²) in [4.78, 5) is 0. The van der Waals surface area contributed by atoms with Gasteiger partial charge in [-0.25, -0.2) is 0 Å². The fraction of sp³-hybridized carbons (Fsp3) is 1.00. The molecule has 1 nitrogen and oxygen atoms in total. The molecule has 2 fully saturated rings. The van der Waals surface area contributed by atoms with Crippen LogP contribution in [0.4, 0.5) is 0 Å². The summed E-state index contributed by atoms with van der Waals surface area (Å²) < 4.78 is 0. The molecule has 0 radical (unpaired) electrons. The van der Waals surface area contributed by atoms with E-state index in [1.54, 1.807) is 0 Å². The molecule has 1 heteroatoms. The first-order chi connectivity index (χ1) is 7.34. The fourth-order valence-electron chi connectivity index (χ4n) is 2.77. The van der Waals surface area contributed by atoms with Crippen molar-refractivity contribution >= 4 is 0 Å². The Morgan fingerprint density at radius 3 is 2.33 bits per heavy atom. The minimum Gasteiger partial charge on any atom is -0.314 e. The summed E-state index contributed by atoms with van der Waals surface area (Å²) >= 11 is 0. The number of unbranched alkanes of at least 4 members (excludes halogenated alkanes) is 1. The summed E-state index contributed by atoms with van der Waals surface area (Å²) in [6.45, 7) is 3.68. The van der Waals surface area contributed by atoms with Gasteiger partial charge in [-0.15, -0.1) is 0 Å². The summed E-state index contributed by atoms with van der Waals surface area (Å²) in [5, 5.41) is 3.60. The highest BCUT2D eigenvalue weighted by Gasteiger charge is 2.20. The normalized spacial score (nSPS) is 31.8. The fourth-order valence-corrected chi connectivity index (χ4v) is 2.77. The lowest BCUT2D eigenvalue weighted by atomic mass is 9.81. The second kappa shape index (κ2) is 5.89. The number of hydrogen-bond acceptors (Lipinski definition) is 1. The van der Waals surface area contributed by atoms with Crippen LogP contribution < -0.4 is 5.32 Å². The smallest absolute Gasteiger partial charge is 0.00682 e. The molecule has 2 saturated carbocycles. The molecular weight excluding hydrogens is 182 g/mol. The Bertz CT molecular complexity index is 166. The Kier molecular flexibility index (Phi) is 4.49. The van der Waals surface area contributed by atoms with Gasteiger partial charge in [0, 0.05) is 6.04 Å². The van der Waals surface area contributed by atoms with Gasteiger partial charge < -0.3 is 5.32 Å². The molecule has 0 atom stereocenters. The molecule has 0 saturated heterocycles. The summed E-state index contributed by atoms with van der Waals surface area (Å²) in [5.41, 5.74) is 0. The van der Waals surface area contributed by atoms with Crippen molar-refractivity contribution in [3.8, 4) is 0 Å². The van der Waals surface area contributed by atoms with Crippen molar-refractivity contribution in [2.45, 2.75) is 70.8 Å². The Morgan fingerprint density at radius 2 is 1.67 bits per heavy atom. The average Bonchev–Trinajstić information content (AvgIpc) is 3.04. The van der Waals surface area contributed by atoms with Gasteiger partial charge in [0.1, 0.15) is 0 Å². The van der Waals surface area contributed by atoms with Crippen LogP contribution in [0.1, 0.15) is 64.7 Å². The summed E-state index contributed by atoms with van der Waals surface area (Å²) in [6.07, 6.45) is 13.2. The van der Waals surface area contributed by atoms with E-state index in [9.17, 15) is 0 Å². The molecule has 0 aromatic carbocycles. The lowest BCUT2D eigenvalue weighted by Crippen LogP contribution is -2.18. The van der Waals surface area contributed by atoms with E-state index in [-0.39, 0.29) is 0 Å². The van der Waals surface area contributed by atoms with Crippen LogP contribution in [0, 0.1) is 11.8 Å². The first-order valence-electron chi connectivity index (χ1n) is 7.08. The van der Waals surface area contributed by atoms with Crippen LogP contribution >= 0.6 is 0 Å². The summed E-state index contributed by atoms with van der Waals surface area (Å²) in [5.74, 6) is 2.08. The van der Waals surface area contributed by atoms with Crippen LogP contribution in [-0.4, -0.2) is 12.6 Å². The van der Waals surface area contributed by atoms with Crippen LogP contribution in [0.5, 0.6) is 0 Å². The molecule has 0 bridgehead atoms. The van der Waals surface area contributed by atoms with Gasteiger partial charge in [-0.05, 0) is 37.6 Å². The minimum atomic E-state index is 0.903. The zero-order chi connectivity index (χ0) is 10.5. The first-order valence-corrected chi connectivity index (χ1v) is 7.08. The predicted octanol–water partition coefficient (Wildman–Crippen LogP) is 3.74. The number of hydrogen-bond donors (Lipinski definition) is 1. The zero-order valence-corrected chi connectivity index (χ0v) is 10.3. The minimum absolute atomic E-state index is 0.903. The number of nitrogens with one attached hydrogen (secondary N) is 1. The molecule has 1 N–H and O–H groups in total. The predicted molar refractivity (Wildman–Crippen MR) is 66.0 cm³/mol. The molecule has 88 valence electrons. The Balaban J connectivity index is 1.43. The molecule has 0 amide bonds.